The van der Waals surface area contributed by atoms with Gasteiger partial charge in [-0.15, -0.1) is 0 Å². The van der Waals surface area contributed by atoms with Crippen LogP contribution in [0.1, 0.15) is 35.1 Å². The zero-order valence-corrected chi connectivity index (χ0v) is 23.0. The topological polar surface area (TPSA) is 70.6 Å². The van der Waals surface area contributed by atoms with E-state index in [0.717, 1.165) is 32.5 Å². The van der Waals surface area contributed by atoms with Crippen LogP contribution in [0.25, 0.3) is 10.2 Å². The van der Waals surface area contributed by atoms with Crippen molar-refractivity contribution in [2.45, 2.75) is 45.1 Å². The van der Waals surface area contributed by atoms with Crippen molar-refractivity contribution in [3.63, 3.8) is 0 Å². The molecule has 0 saturated carbocycles. The van der Waals surface area contributed by atoms with Crippen molar-refractivity contribution in [2.24, 2.45) is 5.92 Å². The summed E-state index contributed by atoms with van der Waals surface area (Å²) in [7, 11) is -3.68. The first kappa shape index (κ1) is 25.6. The number of amides is 1. The molecule has 0 bridgehead atoms. The fraction of sp³-hybridized carbons (Fsp3) is 0.310. The first-order valence-electron chi connectivity index (χ1n) is 12.5. The minimum atomic E-state index is -3.68. The molecule has 0 radical (unpaired) electrons. The van der Waals surface area contributed by atoms with Gasteiger partial charge in [0.25, 0.3) is 0 Å². The number of piperidine rings is 1. The number of anilines is 1. The molecule has 37 heavy (non-hydrogen) atoms. The summed E-state index contributed by atoms with van der Waals surface area (Å²) in [5.41, 5.74) is 5.16. The lowest BCUT2D eigenvalue weighted by molar-refractivity contribution is -0.123. The van der Waals surface area contributed by atoms with Crippen LogP contribution >= 0.6 is 11.3 Å². The number of nitrogens with zero attached hydrogens (tertiary/aromatic N) is 3. The van der Waals surface area contributed by atoms with Crippen molar-refractivity contribution in [1.82, 2.24) is 9.29 Å². The van der Waals surface area contributed by atoms with E-state index < -0.39 is 15.9 Å². The van der Waals surface area contributed by atoms with Gasteiger partial charge in [-0.25, -0.2) is 13.4 Å². The van der Waals surface area contributed by atoms with Crippen LogP contribution in [0.2, 0.25) is 0 Å². The summed E-state index contributed by atoms with van der Waals surface area (Å²) < 4.78 is 29.3. The molecule has 1 unspecified atom stereocenters. The van der Waals surface area contributed by atoms with E-state index in [1.54, 1.807) is 29.2 Å². The molecule has 3 aromatic carbocycles. The molecule has 0 N–H and O–H groups in total. The summed E-state index contributed by atoms with van der Waals surface area (Å²) in [6.45, 7) is 7.01. The Balaban J connectivity index is 1.46. The number of carbonyl (C=O) groups excluding carboxylic acids is 1. The lowest BCUT2D eigenvalue weighted by Crippen LogP contribution is -2.46. The van der Waals surface area contributed by atoms with Crippen molar-refractivity contribution >= 4 is 42.6 Å². The minimum Gasteiger partial charge on any atom is -0.283 e. The SMILES string of the molecule is Cc1ccc(S(=O)(=O)N2CCCC(C(=O)N(Cc3ccccc3)c3nc4cc(C)cc(C)c4s3)C2)cc1. The van der Waals surface area contributed by atoms with Crippen LogP contribution in [0.3, 0.4) is 0 Å². The predicted molar refractivity (Wildman–Crippen MR) is 149 cm³/mol. The Kier molecular flexibility index (Phi) is 7.16. The van der Waals surface area contributed by atoms with E-state index in [2.05, 4.69) is 13.0 Å². The quantitative estimate of drug-likeness (QED) is 0.311. The summed E-state index contributed by atoms with van der Waals surface area (Å²) in [4.78, 5) is 20.9. The minimum absolute atomic E-state index is 0.0823. The van der Waals surface area contributed by atoms with Gasteiger partial charge in [-0.05, 0) is 68.5 Å². The largest absolute Gasteiger partial charge is 0.283 e. The maximum absolute atomic E-state index is 14.1. The van der Waals surface area contributed by atoms with Crippen LogP contribution in [0.5, 0.6) is 0 Å². The van der Waals surface area contributed by atoms with E-state index in [0.29, 0.717) is 31.1 Å². The molecule has 1 aliphatic rings. The Morgan fingerprint density at radius 2 is 1.76 bits per heavy atom. The van der Waals surface area contributed by atoms with E-state index in [1.807, 2.05) is 50.2 Å². The van der Waals surface area contributed by atoms with E-state index >= 15 is 0 Å². The molecule has 0 spiro atoms. The van der Waals surface area contributed by atoms with Crippen LogP contribution in [0.4, 0.5) is 5.13 Å². The maximum atomic E-state index is 14.1. The number of sulfonamides is 1. The maximum Gasteiger partial charge on any atom is 0.243 e. The highest BCUT2D eigenvalue weighted by Crippen LogP contribution is 2.35. The fourth-order valence-corrected chi connectivity index (χ4v) is 7.47. The van der Waals surface area contributed by atoms with E-state index in [9.17, 15) is 13.2 Å². The zero-order valence-electron chi connectivity index (χ0n) is 21.3. The Morgan fingerprint density at radius 1 is 1.03 bits per heavy atom. The van der Waals surface area contributed by atoms with Gasteiger partial charge in [-0.2, -0.15) is 4.31 Å². The van der Waals surface area contributed by atoms with Crippen LogP contribution in [0.15, 0.2) is 71.6 Å². The third-order valence-corrected chi connectivity index (χ3v) is 9.99. The van der Waals surface area contributed by atoms with Gasteiger partial charge in [0.1, 0.15) is 0 Å². The van der Waals surface area contributed by atoms with Gasteiger partial charge >= 0.3 is 0 Å². The van der Waals surface area contributed by atoms with Gasteiger partial charge in [0.15, 0.2) is 5.13 Å². The number of benzene rings is 3. The molecule has 192 valence electrons. The second-order valence-electron chi connectivity index (χ2n) is 9.85. The van der Waals surface area contributed by atoms with Gasteiger partial charge in [0.05, 0.1) is 27.6 Å². The number of rotatable bonds is 6. The number of carbonyl (C=O) groups is 1. The lowest BCUT2D eigenvalue weighted by Gasteiger charge is -2.33. The average molecular weight is 534 g/mol. The second kappa shape index (κ2) is 10.4. The second-order valence-corrected chi connectivity index (χ2v) is 12.8. The number of hydrogen-bond donors (Lipinski definition) is 0. The zero-order chi connectivity index (χ0) is 26.2. The summed E-state index contributed by atoms with van der Waals surface area (Å²) in [6.07, 6.45) is 1.28. The van der Waals surface area contributed by atoms with Gasteiger partial charge in [0, 0.05) is 13.1 Å². The standard InChI is InChI=1S/C29H31N3O3S2/c1-20-11-13-25(14-12-20)37(34,35)31-15-7-10-24(19-31)28(33)32(18-23-8-5-4-6-9-23)29-30-26-17-21(2)16-22(3)27(26)36-29/h4-6,8-9,11-14,16-17,24H,7,10,15,18-19H2,1-3H3. The van der Waals surface area contributed by atoms with Crippen molar-refractivity contribution in [2.75, 3.05) is 18.0 Å². The van der Waals surface area contributed by atoms with Gasteiger partial charge < -0.3 is 0 Å². The monoisotopic (exact) mass is 533 g/mol. The van der Waals surface area contributed by atoms with Crippen LogP contribution < -0.4 is 4.90 Å². The van der Waals surface area contributed by atoms with E-state index in [4.69, 9.17) is 4.98 Å². The molecule has 2 heterocycles. The molecule has 1 saturated heterocycles. The third kappa shape index (κ3) is 5.32. The number of fused-ring (bicyclic) bond motifs is 1. The highest BCUT2D eigenvalue weighted by molar-refractivity contribution is 7.89. The third-order valence-electron chi connectivity index (χ3n) is 6.88. The Morgan fingerprint density at radius 3 is 2.49 bits per heavy atom. The molecular weight excluding hydrogens is 502 g/mol. The molecule has 4 aromatic rings. The smallest absolute Gasteiger partial charge is 0.243 e. The van der Waals surface area contributed by atoms with E-state index in [-0.39, 0.29) is 17.3 Å². The molecule has 1 aromatic heterocycles. The molecule has 8 heteroatoms. The van der Waals surface area contributed by atoms with Gasteiger partial charge in [-0.1, -0.05) is 65.4 Å². The lowest BCUT2D eigenvalue weighted by atomic mass is 9.98. The molecule has 0 aliphatic carbocycles. The predicted octanol–water partition coefficient (Wildman–Crippen LogP) is 5.86. The van der Waals surface area contributed by atoms with Crippen molar-refractivity contribution in [1.29, 1.82) is 0 Å². The molecule has 6 nitrogen and oxygen atoms in total. The number of thiazole rings is 1. The van der Waals surface area contributed by atoms with Crippen molar-refractivity contribution in [3.05, 3.63) is 89.0 Å². The first-order valence-corrected chi connectivity index (χ1v) is 14.8. The average Bonchev–Trinajstić information content (AvgIpc) is 3.32. The highest BCUT2D eigenvalue weighted by Gasteiger charge is 2.36. The number of hydrogen-bond acceptors (Lipinski definition) is 5. The Labute approximate surface area is 222 Å². The van der Waals surface area contributed by atoms with Crippen LogP contribution in [0, 0.1) is 26.7 Å². The first-order chi connectivity index (χ1) is 17.7. The van der Waals surface area contributed by atoms with Crippen LogP contribution in [-0.4, -0.2) is 36.7 Å². The highest BCUT2D eigenvalue weighted by atomic mass is 32.2. The molecule has 1 fully saturated rings. The van der Waals surface area contributed by atoms with E-state index in [1.165, 1.54) is 15.6 Å². The van der Waals surface area contributed by atoms with Crippen LogP contribution in [-0.2, 0) is 21.4 Å². The summed E-state index contributed by atoms with van der Waals surface area (Å²) in [5.74, 6) is -0.520. The summed E-state index contributed by atoms with van der Waals surface area (Å²) in [5, 5.41) is 0.649. The molecule has 1 atom stereocenters. The normalized spacial score (nSPS) is 16.7. The molecule has 1 amide bonds. The van der Waals surface area contributed by atoms with Gasteiger partial charge in [-0.3, -0.25) is 9.69 Å². The fourth-order valence-electron chi connectivity index (χ4n) is 4.93. The summed E-state index contributed by atoms with van der Waals surface area (Å²) in [6, 6.07) is 20.9. The Bertz CT molecular complexity index is 1530. The molecule has 1 aliphatic heterocycles. The number of aryl methyl sites for hydroxylation is 3. The molecular formula is C29H31N3O3S2. The van der Waals surface area contributed by atoms with Crippen molar-refractivity contribution < 1.29 is 13.2 Å². The number of aromatic nitrogens is 1. The summed E-state index contributed by atoms with van der Waals surface area (Å²) >= 11 is 1.52. The Hall–Kier alpha value is -3.07. The van der Waals surface area contributed by atoms with Crippen molar-refractivity contribution in [3.8, 4) is 0 Å². The molecule has 5 rings (SSSR count). The van der Waals surface area contributed by atoms with Gasteiger partial charge in [0.2, 0.25) is 15.9 Å².